The first-order chi connectivity index (χ1) is 17.9. The lowest BCUT2D eigenvalue weighted by atomic mass is 9.98. The van der Waals surface area contributed by atoms with Crippen molar-refractivity contribution in [3.05, 3.63) is 95.6 Å². The van der Waals surface area contributed by atoms with Gasteiger partial charge in [0.1, 0.15) is 19.2 Å². The van der Waals surface area contributed by atoms with Crippen LogP contribution in [0.15, 0.2) is 78.9 Å². The summed E-state index contributed by atoms with van der Waals surface area (Å²) in [6.07, 6.45) is -0.582. The Labute approximate surface area is 213 Å². The van der Waals surface area contributed by atoms with Gasteiger partial charge in [0.25, 0.3) is 0 Å². The number of hydrogen-bond donors (Lipinski definition) is 4. The topological polar surface area (TPSA) is 134 Å². The minimum absolute atomic E-state index is 0.0944. The highest BCUT2D eigenvalue weighted by molar-refractivity contribution is 5.90. The molecule has 4 N–H and O–H groups in total. The summed E-state index contributed by atoms with van der Waals surface area (Å²) in [5, 5.41) is 15.9. The van der Waals surface area contributed by atoms with E-state index in [2.05, 4.69) is 16.0 Å². The minimum Gasteiger partial charge on any atom is -0.480 e. The van der Waals surface area contributed by atoms with Gasteiger partial charge in [0.2, 0.25) is 11.8 Å². The fourth-order valence-electron chi connectivity index (χ4n) is 4.37. The van der Waals surface area contributed by atoms with Crippen LogP contribution in [-0.2, 0) is 25.5 Å². The summed E-state index contributed by atoms with van der Waals surface area (Å²) in [4.78, 5) is 48.0. The van der Waals surface area contributed by atoms with Crippen LogP contribution in [0.25, 0.3) is 11.1 Å². The summed E-state index contributed by atoms with van der Waals surface area (Å²) in [6.45, 7) is -0.888. The maximum atomic E-state index is 12.8. The Kier molecular flexibility index (Phi) is 8.15. The van der Waals surface area contributed by atoms with E-state index in [0.29, 0.717) is 0 Å². The van der Waals surface area contributed by atoms with Crippen LogP contribution >= 0.6 is 0 Å². The molecule has 3 amide bonds. The van der Waals surface area contributed by atoms with Gasteiger partial charge in [-0.2, -0.15) is 0 Å². The van der Waals surface area contributed by atoms with Gasteiger partial charge in [-0.25, -0.2) is 4.79 Å². The van der Waals surface area contributed by atoms with Crippen LogP contribution < -0.4 is 16.0 Å². The molecule has 1 atom stereocenters. The quantitative estimate of drug-likeness (QED) is 0.337. The molecule has 1 aliphatic carbocycles. The lowest BCUT2D eigenvalue weighted by Crippen LogP contribution is -2.50. The highest BCUT2D eigenvalue weighted by atomic mass is 16.5. The van der Waals surface area contributed by atoms with Gasteiger partial charge in [-0.1, -0.05) is 78.9 Å². The molecule has 3 aromatic rings. The summed E-state index contributed by atoms with van der Waals surface area (Å²) in [6, 6.07) is 24.1. The van der Waals surface area contributed by atoms with E-state index in [1.165, 1.54) is 0 Å². The lowest BCUT2D eigenvalue weighted by Gasteiger charge is -2.20. The van der Waals surface area contributed by atoms with Crippen molar-refractivity contribution in [2.45, 2.75) is 18.4 Å². The third-order valence-electron chi connectivity index (χ3n) is 6.09. The second-order valence-corrected chi connectivity index (χ2v) is 8.60. The van der Waals surface area contributed by atoms with Crippen LogP contribution in [0.2, 0.25) is 0 Å². The number of carboxylic acid groups (broad SMARTS) is 1. The van der Waals surface area contributed by atoms with Crippen LogP contribution in [-0.4, -0.2) is 54.7 Å². The predicted octanol–water partition coefficient (Wildman–Crippen LogP) is 2.45. The second-order valence-electron chi connectivity index (χ2n) is 8.60. The summed E-state index contributed by atoms with van der Waals surface area (Å²) in [5.74, 6) is -2.57. The molecule has 0 aliphatic heterocycles. The Morgan fingerprint density at radius 2 is 1.38 bits per heavy atom. The van der Waals surface area contributed by atoms with Crippen LogP contribution in [0.5, 0.6) is 0 Å². The molecule has 0 radical (unpaired) electrons. The van der Waals surface area contributed by atoms with Crippen LogP contribution in [0.3, 0.4) is 0 Å². The van der Waals surface area contributed by atoms with Crippen LogP contribution in [0.4, 0.5) is 4.79 Å². The van der Waals surface area contributed by atoms with Crippen molar-refractivity contribution in [3.63, 3.8) is 0 Å². The van der Waals surface area contributed by atoms with Gasteiger partial charge in [0.15, 0.2) is 0 Å². The van der Waals surface area contributed by atoms with Gasteiger partial charge < -0.3 is 25.8 Å². The van der Waals surface area contributed by atoms with Crippen molar-refractivity contribution < 1.29 is 29.0 Å². The maximum Gasteiger partial charge on any atom is 0.407 e. The third kappa shape index (κ3) is 6.52. The van der Waals surface area contributed by atoms with Crippen molar-refractivity contribution in [2.75, 3.05) is 19.7 Å². The van der Waals surface area contributed by atoms with E-state index in [4.69, 9.17) is 9.84 Å². The fraction of sp³-hybridized carbons (Fsp3) is 0.214. The molecule has 0 bridgehead atoms. The number of aliphatic carboxylic acids is 1. The number of ether oxygens (including phenoxy) is 1. The van der Waals surface area contributed by atoms with E-state index < -0.39 is 43.0 Å². The molecular weight excluding hydrogens is 474 g/mol. The molecule has 4 rings (SSSR count). The molecule has 190 valence electrons. The summed E-state index contributed by atoms with van der Waals surface area (Å²) in [5.41, 5.74) is 5.16. The van der Waals surface area contributed by atoms with E-state index in [9.17, 15) is 19.2 Å². The molecule has 1 unspecified atom stereocenters. The Hall–Kier alpha value is -4.66. The number of nitrogens with one attached hydrogen (secondary N) is 3. The minimum atomic E-state index is -1.20. The fourth-order valence-corrected chi connectivity index (χ4v) is 4.37. The standard InChI is InChI=1S/C28H27N3O6/c32-25(29-16-26(33)34)15-30-27(35)24(14-18-8-2-1-3-9-18)31-28(36)37-17-23-21-12-6-4-10-19(21)20-11-5-7-13-22(20)23/h1-13,23-24H,14-17H2,(H,29,32)(H,30,35)(H,31,36)(H,33,34). The molecule has 9 heteroatoms. The second kappa shape index (κ2) is 11.9. The molecule has 0 saturated heterocycles. The molecule has 0 fully saturated rings. The zero-order valence-electron chi connectivity index (χ0n) is 20.0. The maximum absolute atomic E-state index is 12.8. The smallest absolute Gasteiger partial charge is 0.407 e. The number of benzene rings is 3. The monoisotopic (exact) mass is 501 g/mol. The average molecular weight is 502 g/mol. The van der Waals surface area contributed by atoms with E-state index in [1.807, 2.05) is 78.9 Å². The molecule has 1 aliphatic rings. The Bertz CT molecular complexity index is 1250. The van der Waals surface area contributed by atoms with Crippen molar-refractivity contribution in [2.24, 2.45) is 0 Å². The first-order valence-electron chi connectivity index (χ1n) is 11.8. The van der Waals surface area contributed by atoms with E-state index in [0.717, 1.165) is 27.8 Å². The van der Waals surface area contributed by atoms with E-state index in [1.54, 1.807) is 0 Å². The summed E-state index contributed by atoms with van der Waals surface area (Å²) in [7, 11) is 0. The van der Waals surface area contributed by atoms with Crippen molar-refractivity contribution >= 4 is 23.9 Å². The third-order valence-corrected chi connectivity index (χ3v) is 6.09. The van der Waals surface area contributed by atoms with Crippen molar-refractivity contribution in [3.8, 4) is 11.1 Å². The SMILES string of the molecule is O=C(O)CNC(=O)CNC(=O)C(Cc1ccccc1)NC(=O)OCC1c2ccccc2-c2ccccc21. The number of fused-ring (bicyclic) bond motifs is 3. The molecule has 0 spiro atoms. The van der Waals surface area contributed by atoms with Gasteiger partial charge in [-0.05, 0) is 27.8 Å². The molecule has 9 nitrogen and oxygen atoms in total. The number of amides is 3. The number of alkyl carbamates (subject to hydrolysis) is 1. The summed E-state index contributed by atoms with van der Waals surface area (Å²) < 4.78 is 5.57. The zero-order chi connectivity index (χ0) is 26.2. The molecular formula is C28H27N3O6. The number of carbonyl (C=O) groups is 4. The first-order valence-corrected chi connectivity index (χ1v) is 11.8. The van der Waals surface area contributed by atoms with E-state index >= 15 is 0 Å². The van der Waals surface area contributed by atoms with Crippen LogP contribution in [0.1, 0.15) is 22.6 Å². The molecule has 37 heavy (non-hydrogen) atoms. The number of rotatable bonds is 10. The van der Waals surface area contributed by atoms with Gasteiger partial charge in [-0.15, -0.1) is 0 Å². The van der Waals surface area contributed by atoms with Gasteiger partial charge in [0.05, 0.1) is 6.54 Å². The largest absolute Gasteiger partial charge is 0.480 e. The Morgan fingerprint density at radius 3 is 2.00 bits per heavy atom. The van der Waals surface area contributed by atoms with Crippen molar-refractivity contribution in [1.29, 1.82) is 0 Å². The molecule has 0 saturated carbocycles. The molecule has 3 aromatic carbocycles. The first kappa shape index (κ1) is 25.4. The number of hydrogen-bond acceptors (Lipinski definition) is 5. The number of carbonyl (C=O) groups excluding carboxylic acids is 3. The van der Waals surface area contributed by atoms with Gasteiger partial charge >= 0.3 is 12.1 Å². The lowest BCUT2D eigenvalue weighted by molar-refractivity contribution is -0.137. The van der Waals surface area contributed by atoms with Crippen LogP contribution in [0, 0.1) is 0 Å². The van der Waals surface area contributed by atoms with E-state index in [-0.39, 0.29) is 18.9 Å². The predicted molar refractivity (Wildman–Crippen MR) is 136 cm³/mol. The summed E-state index contributed by atoms with van der Waals surface area (Å²) >= 11 is 0. The highest BCUT2D eigenvalue weighted by Gasteiger charge is 2.30. The number of carboxylic acids is 1. The Morgan fingerprint density at radius 1 is 0.784 bits per heavy atom. The molecule has 0 aromatic heterocycles. The van der Waals surface area contributed by atoms with Gasteiger partial charge in [0, 0.05) is 12.3 Å². The van der Waals surface area contributed by atoms with Gasteiger partial charge in [-0.3, -0.25) is 14.4 Å². The highest BCUT2D eigenvalue weighted by Crippen LogP contribution is 2.44. The molecule has 0 heterocycles. The normalized spacial score (nSPS) is 12.5. The van der Waals surface area contributed by atoms with Crippen molar-refractivity contribution in [1.82, 2.24) is 16.0 Å². The average Bonchev–Trinajstić information content (AvgIpc) is 3.23. The zero-order valence-corrected chi connectivity index (χ0v) is 20.0. The Balaban J connectivity index is 1.40.